The van der Waals surface area contributed by atoms with Gasteiger partial charge in [0, 0.05) is 6.04 Å². The fourth-order valence-electron chi connectivity index (χ4n) is 2.03. The van der Waals surface area contributed by atoms with Crippen molar-refractivity contribution >= 4 is 0 Å². The molecule has 2 atom stereocenters. The Hall–Kier alpha value is -0.860. The van der Waals surface area contributed by atoms with Gasteiger partial charge in [0.1, 0.15) is 0 Å². The Kier molecular flexibility index (Phi) is 2.33. The molecule has 1 aromatic rings. The van der Waals surface area contributed by atoms with Gasteiger partial charge < -0.3 is 10.8 Å². The van der Waals surface area contributed by atoms with Crippen LogP contribution in [-0.4, -0.2) is 11.1 Å². The van der Waals surface area contributed by atoms with Crippen LogP contribution < -0.4 is 5.73 Å². The minimum absolute atomic E-state index is 0.118. The van der Waals surface area contributed by atoms with Crippen LogP contribution in [0.15, 0.2) is 18.2 Å². The Balaban J connectivity index is 2.41. The molecule has 2 rings (SSSR count). The molecule has 0 aliphatic heterocycles. The second-order valence-electron chi connectivity index (χ2n) is 4.43. The predicted molar refractivity (Wildman–Crippen MR) is 57.2 cm³/mol. The molecular formula is C12H17NO. The lowest BCUT2D eigenvalue weighted by Crippen LogP contribution is -2.24. The van der Waals surface area contributed by atoms with Gasteiger partial charge in [-0.1, -0.05) is 32.0 Å². The first kappa shape index (κ1) is 9.69. The van der Waals surface area contributed by atoms with Crippen LogP contribution in [0.25, 0.3) is 0 Å². The largest absolute Gasteiger partial charge is 0.387 e. The summed E-state index contributed by atoms with van der Waals surface area (Å²) in [5.74, 6) is 0.504. The molecule has 2 nitrogen and oxygen atoms in total. The Morgan fingerprint density at radius 2 is 2.14 bits per heavy atom. The van der Waals surface area contributed by atoms with E-state index < -0.39 is 6.10 Å². The van der Waals surface area contributed by atoms with Crippen molar-refractivity contribution in [2.24, 2.45) is 5.73 Å². The molecule has 1 aromatic carbocycles. The molecule has 1 aliphatic carbocycles. The normalized spacial score (nSPS) is 25.5. The van der Waals surface area contributed by atoms with Crippen molar-refractivity contribution in [3.8, 4) is 0 Å². The van der Waals surface area contributed by atoms with E-state index in [2.05, 4.69) is 32.0 Å². The molecular weight excluding hydrogens is 174 g/mol. The van der Waals surface area contributed by atoms with Crippen LogP contribution in [-0.2, 0) is 6.42 Å². The lowest BCUT2D eigenvalue weighted by molar-refractivity contribution is 0.159. The number of aliphatic hydroxyl groups is 1. The standard InChI is InChI=1S/C12H17NO/c1-7(2)8-3-4-9-6-11(13)12(14)10(9)5-8/h3-5,7,11-12,14H,6,13H2,1-2H3. The molecule has 2 heteroatoms. The zero-order valence-corrected chi connectivity index (χ0v) is 8.70. The molecule has 76 valence electrons. The average molecular weight is 191 g/mol. The number of benzene rings is 1. The highest BCUT2D eigenvalue weighted by Crippen LogP contribution is 2.32. The Morgan fingerprint density at radius 3 is 2.79 bits per heavy atom. The number of nitrogens with two attached hydrogens (primary N) is 1. The van der Waals surface area contributed by atoms with Gasteiger partial charge in [0.25, 0.3) is 0 Å². The van der Waals surface area contributed by atoms with Crippen molar-refractivity contribution in [3.05, 3.63) is 34.9 Å². The molecule has 0 radical (unpaired) electrons. The first-order valence-electron chi connectivity index (χ1n) is 5.16. The summed E-state index contributed by atoms with van der Waals surface area (Å²) in [5, 5.41) is 9.83. The Morgan fingerprint density at radius 1 is 1.43 bits per heavy atom. The van der Waals surface area contributed by atoms with Gasteiger partial charge >= 0.3 is 0 Å². The van der Waals surface area contributed by atoms with E-state index >= 15 is 0 Å². The molecule has 3 N–H and O–H groups in total. The van der Waals surface area contributed by atoms with Gasteiger partial charge in [-0.25, -0.2) is 0 Å². The van der Waals surface area contributed by atoms with Crippen molar-refractivity contribution in [2.75, 3.05) is 0 Å². The minimum Gasteiger partial charge on any atom is -0.387 e. The molecule has 0 saturated heterocycles. The highest BCUT2D eigenvalue weighted by atomic mass is 16.3. The molecule has 0 fully saturated rings. The van der Waals surface area contributed by atoms with Crippen molar-refractivity contribution in [2.45, 2.75) is 38.3 Å². The average Bonchev–Trinajstić information content (AvgIpc) is 2.43. The van der Waals surface area contributed by atoms with E-state index in [4.69, 9.17) is 5.73 Å². The van der Waals surface area contributed by atoms with E-state index in [0.717, 1.165) is 12.0 Å². The molecule has 0 saturated carbocycles. The van der Waals surface area contributed by atoms with Crippen LogP contribution >= 0.6 is 0 Å². The number of rotatable bonds is 1. The van der Waals surface area contributed by atoms with E-state index in [9.17, 15) is 5.11 Å². The maximum Gasteiger partial charge on any atom is 0.0946 e. The fourth-order valence-corrected chi connectivity index (χ4v) is 2.03. The highest BCUT2D eigenvalue weighted by Gasteiger charge is 2.28. The third-order valence-corrected chi connectivity index (χ3v) is 3.02. The Labute approximate surface area is 84.7 Å². The number of fused-ring (bicyclic) bond motifs is 1. The quantitative estimate of drug-likeness (QED) is 0.710. The molecule has 0 spiro atoms. The van der Waals surface area contributed by atoms with Crippen LogP contribution in [0.5, 0.6) is 0 Å². The van der Waals surface area contributed by atoms with Crippen LogP contribution in [0, 0.1) is 0 Å². The summed E-state index contributed by atoms with van der Waals surface area (Å²) in [6.45, 7) is 4.31. The maximum atomic E-state index is 9.83. The van der Waals surface area contributed by atoms with Crippen molar-refractivity contribution in [3.63, 3.8) is 0 Å². The summed E-state index contributed by atoms with van der Waals surface area (Å²) in [6.07, 6.45) is 0.332. The maximum absolute atomic E-state index is 9.83. The summed E-state index contributed by atoms with van der Waals surface area (Å²) in [7, 11) is 0. The van der Waals surface area contributed by atoms with Gasteiger partial charge in [-0.3, -0.25) is 0 Å². The first-order chi connectivity index (χ1) is 6.59. The monoisotopic (exact) mass is 191 g/mol. The van der Waals surface area contributed by atoms with Gasteiger partial charge in [-0.05, 0) is 29.0 Å². The van der Waals surface area contributed by atoms with E-state index in [1.54, 1.807) is 0 Å². The van der Waals surface area contributed by atoms with Gasteiger partial charge in [0.15, 0.2) is 0 Å². The third-order valence-electron chi connectivity index (χ3n) is 3.02. The molecule has 0 amide bonds. The zero-order valence-electron chi connectivity index (χ0n) is 8.70. The zero-order chi connectivity index (χ0) is 10.3. The van der Waals surface area contributed by atoms with Crippen molar-refractivity contribution < 1.29 is 5.11 Å². The number of hydrogen-bond acceptors (Lipinski definition) is 2. The van der Waals surface area contributed by atoms with Gasteiger partial charge in [0.05, 0.1) is 6.10 Å². The molecule has 14 heavy (non-hydrogen) atoms. The topological polar surface area (TPSA) is 46.2 Å². The molecule has 0 bridgehead atoms. The van der Waals surface area contributed by atoms with Crippen LogP contribution in [0.4, 0.5) is 0 Å². The number of hydrogen-bond donors (Lipinski definition) is 2. The summed E-state index contributed by atoms with van der Waals surface area (Å²) >= 11 is 0. The second kappa shape index (κ2) is 3.37. The van der Waals surface area contributed by atoms with Crippen molar-refractivity contribution in [1.82, 2.24) is 0 Å². The Bertz CT molecular complexity index is 346. The molecule has 1 aliphatic rings. The van der Waals surface area contributed by atoms with Gasteiger partial charge in [-0.15, -0.1) is 0 Å². The van der Waals surface area contributed by atoms with Gasteiger partial charge in [-0.2, -0.15) is 0 Å². The SMILES string of the molecule is CC(C)c1ccc2c(c1)C(O)C(N)C2. The van der Waals surface area contributed by atoms with Crippen molar-refractivity contribution in [1.29, 1.82) is 0 Å². The summed E-state index contributed by atoms with van der Waals surface area (Å²) in [5.41, 5.74) is 9.31. The van der Waals surface area contributed by atoms with Crippen LogP contribution in [0.1, 0.15) is 42.6 Å². The van der Waals surface area contributed by atoms with Crippen LogP contribution in [0.3, 0.4) is 0 Å². The first-order valence-corrected chi connectivity index (χ1v) is 5.16. The lowest BCUT2D eigenvalue weighted by Gasteiger charge is -2.11. The summed E-state index contributed by atoms with van der Waals surface area (Å²) < 4.78 is 0. The molecule has 0 aromatic heterocycles. The lowest BCUT2D eigenvalue weighted by atomic mass is 9.98. The van der Waals surface area contributed by atoms with E-state index in [-0.39, 0.29) is 6.04 Å². The smallest absolute Gasteiger partial charge is 0.0946 e. The predicted octanol–water partition coefficient (Wildman–Crippen LogP) is 1.73. The van der Waals surface area contributed by atoms with Gasteiger partial charge in [0.2, 0.25) is 0 Å². The molecule has 0 heterocycles. The minimum atomic E-state index is -0.469. The third kappa shape index (κ3) is 1.45. The van der Waals surface area contributed by atoms with E-state index in [1.165, 1.54) is 11.1 Å². The summed E-state index contributed by atoms with van der Waals surface area (Å²) in [6, 6.07) is 6.21. The molecule has 2 unspecified atom stereocenters. The second-order valence-corrected chi connectivity index (χ2v) is 4.43. The van der Waals surface area contributed by atoms with E-state index in [1.807, 2.05) is 0 Å². The highest BCUT2D eigenvalue weighted by molar-refractivity contribution is 5.39. The fraction of sp³-hybridized carbons (Fsp3) is 0.500. The number of aliphatic hydroxyl groups excluding tert-OH is 1. The summed E-state index contributed by atoms with van der Waals surface area (Å²) in [4.78, 5) is 0. The van der Waals surface area contributed by atoms with Crippen LogP contribution in [0.2, 0.25) is 0 Å². The van der Waals surface area contributed by atoms with E-state index in [0.29, 0.717) is 5.92 Å².